The molecule has 0 atom stereocenters. The number of nitrogen functional groups attached to an aromatic ring is 1. The topological polar surface area (TPSA) is 62.5 Å². The van der Waals surface area contributed by atoms with Crippen molar-refractivity contribution in [3.8, 4) is 0 Å². The maximum Gasteiger partial charge on any atom is 0.236 e. The summed E-state index contributed by atoms with van der Waals surface area (Å²) in [6.07, 6.45) is 1.80. The van der Waals surface area contributed by atoms with Crippen molar-refractivity contribution in [3.05, 3.63) is 11.1 Å². The van der Waals surface area contributed by atoms with Crippen molar-refractivity contribution >= 4 is 34.8 Å². The van der Waals surface area contributed by atoms with E-state index in [9.17, 15) is 4.79 Å². The first-order valence-electron chi connectivity index (χ1n) is 6.25. The SMILES string of the molecule is CC(C)CN1CCN(Cc2cnc(N)s2)CC1=O.Cl. The highest BCUT2D eigenvalue weighted by Gasteiger charge is 2.24. The largest absolute Gasteiger partial charge is 0.375 e. The zero-order chi connectivity index (χ0) is 13.1. The van der Waals surface area contributed by atoms with Gasteiger partial charge in [0.05, 0.1) is 6.54 Å². The van der Waals surface area contributed by atoms with Gasteiger partial charge >= 0.3 is 0 Å². The van der Waals surface area contributed by atoms with Crippen LogP contribution in [-0.2, 0) is 11.3 Å². The minimum absolute atomic E-state index is 0. The average Bonchev–Trinajstić information content (AvgIpc) is 2.68. The Morgan fingerprint density at radius 1 is 1.47 bits per heavy atom. The Morgan fingerprint density at radius 3 is 2.74 bits per heavy atom. The maximum atomic E-state index is 12.0. The Kier molecular flexibility index (Phi) is 6.03. The Morgan fingerprint density at radius 2 is 2.21 bits per heavy atom. The number of hydrogen-bond acceptors (Lipinski definition) is 5. The van der Waals surface area contributed by atoms with Crippen molar-refractivity contribution in [2.24, 2.45) is 5.92 Å². The average molecular weight is 305 g/mol. The number of piperazine rings is 1. The molecule has 0 radical (unpaired) electrons. The minimum atomic E-state index is 0. The first-order valence-corrected chi connectivity index (χ1v) is 7.06. The molecule has 1 amide bonds. The molecule has 2 N–H and O–H groups in total. The summed E-state index contributed by atoms with van der Waals surface area (Å²) in [6.45, 7) is 8.17. The van der Waals surface area contributed by atoms with Gasteiger partial charge in [-0.15, -0.1) is 23.7 Å². The Balaban J connectivity index is 0.00000180. The predicted octanol–water partition coefficient (Wildman–Crippen LogP) is 1.45. The second kappa shape index (κ2) is 7.07. The van der Waals surface area contributed by atoms with Gasteiger partial charge in [0, 0.05) is 37.3 Å². The molecule has 0 unspecified atom stereocenters. The van der Waals surface area contributed by atoms with Crippen molar-refractivity contribution in [1.82, 2.24) is 14.8 Å². The molecule has 7 heteroatoms. The summed E-state index contributed by atoms with van der Waals surface area (Å²) in [5, 5.41) is 0.592. The highest BCUT2D eigenvalue weighted by Crippen LogP contribution is 2.17. The Labute approximate surface area is 124 Å². The smallest absolute Gasteiger partial charge is 0.236 e. The molecule has 108 valence electrons. The molecule has 1 aromatic heterocycles. The third-order valence-electron chi connectivity index (χ3n) is 2.93. The van der Waals surface area contributed by atoms with Gasteiger partial charge in [0.1, 0.15) is 0 Å². The molecular weight excluding hydrogens is 284 g/mol. The van der Waals surface area contributed by atoms with Crippen molar-refractivity contribution in [3.63, 3.8) is 0 Å². The number of hydrogen-bond donors (Lipinski definition) is 1. The summed E-state index contributed by atoms with van der Waals surface area (Å²) >= 11 is 1.49. The molecule has 2 rings (SSSR count). The second-order valence-electron chi connectivity index (χ2n) is 5.11. The summed E-state index contributed by atoms with van der Waals surface area (Å²) in [5.41, 5.74) is 5.60. The van der Waals surface area contributed by atoms with Crippen molar-refractivity contribution in [1.29, 1.82) is 0 Å². The monoisotopic (exact) mass is 304 g/mol. The molecule has 0 saturated carbocycles. The Hall–Kier alpha value is -0.850. The van der Waals surface area contributed by atoms with Crippen LogP contribution >= 0.6 is 23.7 Å². The second-order valence-corrected chi connectivity index (χ2v) is 6.26. The lowest BCUT2D eigenvalue weighted by molar-refractivity contribution is -0.136. The standard InChI is InChI=1S/C12H20N4OS.ClH/c1-9(2)6-16-4-3-15(8-11(16)17)7-10-5-14-12(13)18-10;/h5,9H,3-4,6-8H2,1-2H3,(H2,13,14);1H. The molecule has 0 bridgehead atoms. The van der Waals surface area contributed by atoms with E-state index in [0.29, 0.717) is 17.6 Å². The number of anilines is 1. The molecule has 19 heavy (non-hydrogen) atoms. The zero-order valence-corrected chi connectivity index (χ0v) is 13.0. The van der Waals surface area contributed by atoms with Crippen LogP contribution in [0.4, 0.5) is 5.13 Å². The molecule has 2 heterocycles. The number of carbonyl (C=O) groups excluding carboxylic acids is 1. The molecule has 0 spiro atoms. The van der Waals surface area contributed by atoms with Crippen LogP contribution in [0.3, 0.4) is 0 Å². The van der Waals surface area contributed by atoms with Gasteiger partial charge < -0.3 is 10.6 Å². The summed E-state index contributed by atoms with van der Waals surface area (Å²) in [6, 6.07) is 0. The number of carbonyl (C=O) groups is 1. The van der Waals surface area contributed by atoms with Crippen LogP contribution in [0.15, 0.2) is 6.20 Å². The van der Waals surface area contributed by atoms with Crippen molar-refractivity contribution in [2.45, 2.75) is 20.4 Å². The van der Waals surface area contributed by atoms with Crippen LogP contribution in [0.5, 0.6) is 0 Å². The molecule has 1 aliphatic rings. The van der Waals surface area contributed by atoms with Gasteiger partial charge in [-0.25, -0.2) is 4.98 Å². The number of amides is 1. The molecule has 1 aliphatic heterocycles. The summed E-state index contributed by atoms with van der Waals surface area (Å²) in [5.74, 6) is 0.759. The van der Waals surface area contributed by atoms with E-state index in [1.807, 2.05) is 4.90 Å². The van der Waals surface area contributed by atoms with Crippen LogP contribution in [-0.4, -0.2) is 46.9 Å². The number of aromatic nitrogens is 1. The van der Waals surface area contributed by atoms with Crippen molar-refractivity contribution in [2.75, 3.05) is 31.9 Å². The van der Waals surface area contributed by atoms with Gasteiger partial charge in [-0.05, 0) is 5.92 Å². The fourth-order valence-corrected chi connectivity index (χ4v) is 2.87. The lowest BCUT2D eigenvalue weighted by Crippen LogP contribution is -2.50. The van der Waals surface area contributed by atoms with Crippen LogP contribution in [0, 0.1) is 5.92 Å². The van der Waals surface area contributed by atoms with Gasteiger partial charge in [-0.1, -0.05) is 13.8 Å². The zero-order valence-electron chi connectivity index (χ0n) is 11.3. The summed E-state index contributed by atoms with van der Waals surface area (Å²) < 4.78 is 0. The number of nitrogens with two attached hydrogens (primary N) is 1. The third-order valence-corrected chi connectivity index (χ3v) is 3.75. The third kappa shape index (κ3) is 4.63. The normalized spacial score (nSPS) is 16.8. The molecule has 1 fully saturated rings. The molecular formula is C12H21ClN4OS. The van der Waals surface area contributed by atoms with E-state index in [-0.39, 0.29) is 18.3 Å². The molecule has 5 nitrogen and oxygen atoms in total. The molecule has 1 saturated heterocycles. The predicted molar refractivity (Wildman–Crippen MR) is 80.5 cm³/mol. The molecule has 0 aromatic carbocycles. The summed E-state index contributed by atoms with van der Waals surface area (Å²) in [4.78, 5) is 21.3. The van der Waals surface area contributed by atoms with E-state index in [4.69, 9.17) is 5.73 Å². The van der Waals surface area contributed by atoms with Crippen LogP contribution in [0.2, 0.25) is 0 Å². The lowest BCUT2D eigenvalue weighted by atomic mass is 10.2. The fourth-order valence-electron chi connectivity index (χ4n) is 2.14. The summed E-state index contributed by atoms with van der Waals surface area (Å²) in [7, 11) is 0. The Bertz CT molecular complexity index is 424. The van der Waals surface area contributed by atoms with E-state index < -0.39 is 0 Å². The number of rotatable bonds is 4. The maximum absolute atomic E-state index is 12.0. The number of nitrogens with zero attached hydrogens (tertiary/aromatic N) is 3. The van der Waals surface area contributed by atoms with E-state index in [2.05, 4.69) is 23.7 Å². The number of thiazole rings is 1. The van der Waals surface area contributed by atoms with Gasteiger partial charge in [0.15, 0.2) is 5.13 Å². The fraction of sp³-hybridized carbons (Fsp3) is 0.667. The van der Waals surface area contributed by atoms with E-state index in [1.54, 1.807) is 6.20 Å². The molecule has 0 aliphatic carbocycles. The first-order chi connectivity index (χ1) is 8.54. The van der Waals surface area contributed by atoms with Gasteiger partial charge in [0.25, 0.3) is 0 Å². The van der Waals surface area contributed by atoms with E-state index in [1.165, 1.54) is 11.3 Å². The van der Waals surface area contributed by atoms with Crippen molar-refractivity contribution < 1.29 is 4.79 Å². The van der Waals surface area contributed by atoms with E-state index in [0.717, 1.165) is 31.1 Å². The van der Waals surface area contributed by atoms with Gasteiger partial charge in [0.2, 0.25) is 5.91 Å². The lowest BCUT2D eigenvalue weighted by Gasteiger charge is -2.34. The van der Waals surface area contributed by atoms with Crippen LogP contribution in [0.25, 0.3) is 0 Å². The highest BCUT2D eigenvalue weighted by atomic mass is 35.5. The van der Waals surface area contributed by atoms with Gasteiger partial charge in [-0.3, -0.25) is 9.69 Å². The molecule has 1 aromatic rings. The number of halogens is 1. The van der Waals surface area contributed by atoms with Gasteiger partial charge in [-0.2, -0.15) is 0 Å². The highest BCUT2D eigenvalue weighted by molar-refractivity contribution is 7.15. The van der Waals surface area contributed by atoms with Crippen LogP contribution < -0.4 is 5.73 Å². The van der Waals surface area contributed by atoms with E-state index >= 15 is 0 Å². The quantitative estimate of drug-likeness (QED) is 0.914. The first kappa shape index (κ1) is 16.2. The minimum Gasteiger partial charge on any atom is -0.375 e. The van der Waals surface area contributed by atoms with Crippen LogP contribution in [0.1, 0.15) is 18.7 Å².